The Morgan fingerprint density at radius 3 is 2.30 bits per heavy atom. The highest BCUT2D eigenvalue weighted by molar-refractivity contribution is 5.94. The fourth-order valence-electron chi connectivity index (χ4n) is 1.80. The van der Waals surface area contributed by atoms with Gasteiger partial charge in [0.05, 0.1) is 11.7 Å². The number of phenolic OH excluding ortho intramolecular Hbond substituents is 1. The first kappa shape index (κ1) is 16.5. The van der Waals surface area contributed by atoms with Crippen LogP contribution in [-0.4, -0.2) is 23.1 Å². The van der Waals surface area contributed by atoms with E-state index < -0.39 is 11.9 Å². The summed E-state index contributed by atoms with van der Waals surface area (Å²) in [5.41, 5.74) is 0.459. The second kappa shape index (κ2) is 7.45. The van der Waals surface area contributed by atoms with Gasteiger partial charge in [-0.3, -0.25) is 0 Å². The molecule has 0 bridgehead atoms. The lowest BCUT2D eigenvalue weighted by Crippen LogP contribution is -2.14. The van der Waals surface area contributed by atoms with Crippen LogP contribution in [0.3, 0.4) is 0 Å². The van der Waals surface area contributed by atoms with Crippen LogP contribution in [0.4, 0.5) is 0 Å². The number of carbonyl (C=O) groups is 2. The summed E-state index contributed by atoms with van der Waals surface area (Å²) in [5.74, 6) is -0.958. The largest absolute Gasteiger partial charge is 0.507 e. The van der Waals surface area contributed by atoms with E-state index in [1.54, 1.807) is 12.1 Å². The number of rotatable bonds is 5. The van der Waals surface area contributed by atoms with E-state index in [4.69, 9.17) is 9.47 Å². The van der Waals surface area contributed by atoms with Crippen LogP contribution in [0.1, 0.15) is 41.0 Å². The van der Waals surface area contributed by atoms with Gasteiger partial charge in [-0.15, -0.1) is 0 Å². The quantitative estimate of drug-likeness (QED) is 0.674. The molecule has 0 fully saturated rings. The van der Waals surface area contributed by atoms with Gasteiger partial charge in [0.1, 0.15) is 17.1 Å². The zero-order valence-corrected chi connectivity index (χ0v) is 13.0. The van der Waals surface area contributed by atoms with Gasteiger partial charge in [0.2, 0.25) is 0 Å². The van der Waals surface area contributed by atoms with Crippen molar-refractivity contribution in [3.05, 3.63) is 59.7 Å². The molecule has 2 aromatic carbocycles. The lowest BCUT2D eigenvalue weighted by molar-refractivity contribution is 0.0334. The second-order valence-corrected chi connectivity index (χ2v) is 5.06. The van der Waals surface area contributed by atoms with Crippen LogP contribution in [0.15, 0.2) is 48.5 Å². The number of carbonyl (C=O) groups excluding carboxylic acids is 2. The van der Waals surface area contributed by atoms with Crippen molar-refractivity contribution in [1.29, 1.82) is 0 Å². The van der Waals surface area contributed by atoms with Gasteiger partial charge in [-0.2, -0.15) is 0 Å². The molecular weight excluding hydrogens is 296 g/mol. The molecule has 0 aliphatic heterocycles. The lowest BCUT2D eigenvalue weighted by Gasteiger charge is -2.11. The monoisotopic (exact) mass is 314 g/mol. The Morgan fingerprint density at radius 2 is 1.70 bits per heavy atom. The van der Waals surface area contributed by atoms with E-state index >= 15 is 0 Å². The molecule has 0 aliphatic rings. The Balaban J connectivity index is 2.04. The minimum absolute atomic E-state index is 0.0766. The smallest absolute Gasteiger partial charge is 0.347 e. The number of esters is 2. The van der Waals surface area contributed by atoms with Gasteiger partial charge in [-0.1, -0.05) is 19.1 Å². The molecule has 0 spiro atoms. The van der Waals surface area contributed by atoms with Crippen LogP contribution < -0.4 is 4.74 Å². The van der Waals surface area contributed by atoms with Crippen LogP contribution in [0.25, 0.3) is 0 Å². The summed E-state index contributed by atoms with van der Waals surface area (Å²) in [6, 6.07) is 12.2. The Hall–Kier alpha value is -2.82. The van der Waals surface area contributed by atoms with Crippen molar-refractivity contribution >= 4 is 11.9 Å². The highest BCUT2D eigenvalue weighted by atomic mass is 16.5. The number of para-hydroxylation sites is 1. The Morgan fingerprint density at radius 1 is 1.04 bits per heavy atom. The first-order chi connectivity index (χ1) is 11.0. The maximum atomic E-state index is 12.0. The van der Waals surface area contributed by atoms with Gasteiger partial charge in [0, 0.05) is 0 Å². The third-order valence-electron chi connectivity index (χ3n) is 3.31. The Labute approximate surface area is 134 Å². The predicted octanol–water partition coefficient (Wildman–Crippen LogP) is 3.57. The molecular formula is C18H18O5. The average Bonchev–Trinajstić information content (AvgIpc) is 2.55. The summed E-state index contributed by atoms with van der Waals surface area (Å²) in [7, 11) is 0. The highest BCUT2D eigenvalue weighted by Crippen LogP contribution is 2.20. The number of hydrogen-bond donors (Lipinski definition) is 1. The van der Waals surface area contributed by atoms with Crippen molar-refractivity contribution in [1.82, 2.24) is 0 Å². The van der Waals surface area contributed by atoms with Crippen LogP contribution >= 0.6 is 0 Å². The van der Waals surface area contributed by atoms with Crippen molar-refractivity contribution in [3.63, 3.8) is 0 Å². The first-order valence-corrected chi connectivity index (χ1v) is 7.32. The lowest BCUT2D eigenvalue weighted by atomic mass is 10.2. The zero-order chi connectivity index (χ0) is 16.8. The molecule has 0 aliphatic carbocycles. The topological polar surface area (TPSA) is 72.8 Å². The summed E-state index contributed by atoms with van der Waals surface area (Å²) in [5, 5.41) is 9.62. The fourth-order valence-corrected chi connectivity index (χ4v) is 1.80. The third-order valence-corrected chi connectivity index (χ3v) is 3.31. The molecule has 1 N–H and O–H groups in total. The van der Waals surface area contributed by atoms with Crippen molar-refractivity contribution in [2.75, 3.05) is 0 Å². The number of hydrogen-bond acceptors (Lipinski definition) is 5. The molecule has 5 heteroatoms. The summed E-state index contributed by atoms with van der Waals surface area (Å²) in [6.45, 7) is 3.75. The summed E-state index contributed by atoms with van der Waals surface area (Å²) in [6.07, 6.45) is 0.586. The van der Waals surface area contributed by atoms with Crippen LogP contribution in [0.2, 0.25) is 0 Å². The molecule has 23 heavy (non-hydrogen) atoms. The minimum atomic E-state index is -0.668. The van der Waals surface area contributed by atoms with E-state index in [2.05, 4.69) is 0 Å². The summed E-state index contributed by atoms with van der Waals surface area (Å²) < 4.78 is 10.4. The van der Waals surface area contributed by atoms with Crippen molar-refractivity contribution in [2.24, 2.45) is 0 Å². The number of phenols is 1. The molecule has 2 rings (SSSR count). The van der Waals surface area contributed by atoms with E-state index in [0.717, 1.165) is 6.42 Å². The highest BCUT2D eigenvalue weighted by Gasteiger charge is 2.14. The normalized spacial score (nSPS) is 11.6. The molecule has 1 unspecified atom stereocenters. The minimum Gasteiger partial charge on any atom is -0.507 e. The van der Waals surface area contributed by atoms with Crippen molar-refractivity contribution in [3.8, 4) is 11.5 Å². The molecule has 120 valence electrons. The van der Waals surface area contributed by atoms with E-state index in [0.29, 0.717) is 5.56 Å². The summed E-state index contributed by atoms with van der Waals surface area (Å²) >= 11 is 0. The van der Waals surface area contributed by atoms with Gasteiger partial charge in [-0.05, 0) is 49.7 Å². The average molecular weight is 314 g/mol. The molecule has 1 atom stereocenters. The molecule has 0 heterocycles. The third kappa shape index (κ3) is 4.32. The maximum Gasteiger partial charge on any atom is 0.347 e. The molecule has 2 aromatic rings. The Kier molecular flexibility index (Phi) is 5.36. The van der Waals surface area contributed by atoms with Crippen LogP contribution in [0, 0.1) is 0 Å². The van der Waals surface area contributed by atoms with Crippen LogP contribution in [0.5, 0.6) is 11.5 Å². The molecule has 0 radical (unpaired) electrons. The maximum absolute atomic E-state index is 12.0. The van der Waals surface area contributed by atoms with E-state index in [1.165, 1.54) is 36.4 Å². The van der Waals surface area contributed by atoms with Crippen molar-refractivity contribution < 1.29 is 24.2 Å². The van der Waals surface area contributed by atoms with Gasteiger partial charge in [0.15, 0.2) is 0 Å². The predicted molar refractivity (Wildman–Crippen MR) is 84.7 cm³/mol. The zero-order valence-electron chi connectivity index (χ0n) is 13.0. The molecule has 5 nitrogen and oxygen atoms in total. The van der Waals surface area contributed by atoms with E-state index in [1.807, 2.05) is 13.8 Å². The Bertz CT molecular complexity index is 691. The second-order valence-electron chi connectivity index (χ2n) is 5.06. The molecule has 0 saturated carbocycles. The van der Waals surface area contributed by atoms with Gasteiger partial charge in [-0.25, -0.2) is 9.59 Å². The number of ether oxygens (including phenoxy) is 2. The van der Waals surface area contributed by atoms with E-state index in [-0.39, 0.29) is 23.2 Å². The van der Waals surface area contributed by atoms with Gasteiger partial charge < -0.3 is 14.6 Å². The number of benzene rings is 2. The molecule has 0 aromatic heterocycles. The van der Waals surface area contributed by atoms with Gasteiger partial charge in [0.25, 0.3) is 0 Å². The number of aromatic hydroxyl groups is 1. The van der Waals surface area contributed by atoms with E-state index in [9.17, 15) is 14.7 Å². The standard InChI is InChI=1S/C18H18O5/c1-3-12(2)22-17(20)13-8-10-14(11-9-13)23-18(21)15-6-4-5-7-16(15)19/h4-12,19H,3H2,1-2H3. The van der Waals surface area contributed by atoms with Crippen LogP contribution in [-0.2, 0) is 4.74 Å². The summed E-state index contributed by atoms with van der Waals surface area (Å²) in [4.78, 5) is 23.8. The SMILES string of the molecule is CCC(C)OC(=O)c1ccc(OC(=O)c2ccccc2O)cc1. The molecule has 0 saturated heterocycles. The first-order valence-electron chi connectivity index (χ1n) is 7.32. The van der Waals surface area contributed by atoms with Gasteiger partial charge >= 0.3 is 11.9 Å². The van der Waals surface area contributed by atoms with Crippen molar-refractivity contribution in [2.45, 2.75) is 26.4 Å². The fraction of sp³-hybridized carbons (Fsp3) is 0.222. The molecule has 0 amide bonds.